The van der Waals surface area contributed by atoms with Gasteiger partial charge in [-0.05, 0) is 12.0 Å². The molecule has 0 radical (unpaired) electrons. The predicted molar refractivity (Wildman–Crippen MR) is 78.7 cm³/mol. The lowest BCUT2D eigenvalue weighted by atomic mass is 10.1. The molecule has 0 spiro atoms. The normalized spacial score (nSPS) is 16.6. The summed E-state index contributed by atoms with van der Waals surface area (Å²) in [5, 5.41) is 0.754. The van der Waals surface area contributed by atoms with E-state index in [0.29, 0.717) is 13.1 Å². The Bertz CT molecular complexity index is 732. The fourth-order valence-electron chi connectivity index (χ4n) is 2.60. The van der Waals surface area contributed by atoms with E-state index in [0.717, 1.165) is 28.8 Å². The number of rotatable bonds is 4. The Kier molecular flexibility index (Phi) is 3.16. The number of H-pyrrole nitrogens is 1. The maximum atomic E-state index is 11.8. The molecule has 20 heavy (non-hydrogen) atoms. The van der Waals surface area contributed by atoms with Crippen molar-refractivity contribution in [1.82, 2.24) is 15.0 Å². The fourth-order valence-corrected chi connectivity index (χ4v) is 3.89. The van der Waals surface area contributed by atoms with Crippen LogP contribution in [0.4, 0.5) is 5.82 Å². The SMILES string of the molecule is CCc1c[nH]c2ncnc(N3CC(S(=O)(=O)CC)C3)c12. The quantitative estimate of drug-likeness (QED) is 0.915. The molecule has 0 unspecified atom stereocenters. The van der Waals surface area contributed by atoms with Gasteiger partial charge in [-0.15, -0.1) is 0 Å². The van der Waals surface area contributed by atoms with Crippen LogP contribution in [0.2, 0.25) is 0 Å². The summed E-state index contributed by atoms with van der Waals surface area (Å²) in [6.07, 6.45) is 4.36. The molecule has 1 saturated heterocycles. The fraction of sp³-hybridized carbons (Fsp3) is 0.538. The Balaban J connectivity index is 1.92. The van der Waals surface area contributed by atoms with Gasteiger partial charge < -0.3 is 9.88 Å². The second kappa shape index (κ2) is 4.73. The van der Waals surface area contributed by atoms with Gasteiger partial charge >= 0.3 is 0 Å². The summed E-state index contributed by atoms with van der Waals surface area (Å²) in [6.45, 7) is 4.83. The first kappa shape index (κ1) is 13.4. The van der Waals surface area contributed by atoms with Gasteiger partial charge in [-0.25, -0.2) is 18.4 Å². The Morgan fingerprint density at radius 2 is 2.10 bits per heavy atom. The molecule has 2 aromatic rings. The lowest BCUT2D eigenvalue weighted by Crippen LogP contribution is -2.55. The van der Waals surface area contributed by atoms with Crippen LogP contribution in [0, 0.1) is 0 Å². The highest BCUT2D eigenvalue weighted by molar-refractivity contribution is 7.92. The number of aryl methyl sites for hydroxylation is 1. The largest absolute Gasteiger partial charge is 0.353 e. The van der Waals surface area contributed by atoms with E-state index in [2.05, 4.69) is 21.9 Å². The standard InChI is InChI=1S/C13H18N4O2S/c1-3-9-5-14-12-11(9)13(16-8-15-12)17-6-10(7-17)20(18,19)4-2/h5,8,10H,3-4,6-7H2,1-2H3,(H,14,15,16). The minimum atomic E-state index is -2.95. The Morgan fingerprint density at radius 3 is 2.75 bits per heavy atom. The second-order valence-corrected chi connectivity index (χ2v) is 7.64. The molecular formula is C13H18N4O2S. The Labute approximate surface area is 118 Å². The third-order valence-electron chi connectivity index (χ3n) is 3.97. The average Bonchev–Trinajstić information content (AvgIpc) is 2.80. The molecule has 1 N–H and O–H groups in total. The molecule has 0 aliphatic carbocycles. The summed E-state index contributed by atoms with van der Waals surface area (Å²) in [7, 11) is -2.95. The zero-order valence-electron chi connectivity index (χ0n) is 11.6. The van der Waals surface area contributed by atoms with E-state index in [-0.39, 0.29) is 11.0 Å². The van der Waals surface area contributed by atoms with Crippen molar-refractivity contribution in [3.05, 3.63) is 18.1 Å². The van der Waals surface area contributed by atoms with Crippen LogP contribution in [0.5, 0.6) is 0 Å². The molecule has 0 saturated carbocycles. The molecule has 3 heterocycles. The number of hydrogen-bond donors (Lipinski definition) is 1. The van der Waals surface area contributed by atoms with Crippen molar-refractivity contribution in [2.75, 3.05) is 23.7 Å². The van der Waals surface area contributed by atoms with E-state index in [4.69, 9.17) is 0 Å². The van der Waals surface area contributed by atoms with Crippen molar-refractivity contribution in [1.29, 1.82) is 0 Å². The summed E-state index contributed by atoms with van der Waals surface area (Å²) >= 11 is 0. The van der Waals surface area contributed by atoms with Crippen molar-refractivity contribution >= 4 is 26.7 Å². The van der Waals surface area contributed by atoms with Gasteiger partial charge in [0.25, 0.3) is 0 Å². The van der Waals surface area contributed by atoms with Gasteiger partial charge in [0, 0.05) is 25.0 Å². The van der Waals surface area contributed by atoms with Crippen LogP contribution in [0.1, 0.15) is 19.4 Å². The van der Waals surface area contributed by atoms with Crippen LogP contribution in [0.15, 0.2) is 12.5 Å². The summed E-state index contributed by atoms with van der Waals surface area (Å²) in [6, 6.07) is 0. The molecule has 6 nitrogen and oxygen atoms in total. The van der Waals surface area contributed by atoms with E-state index in [9.17, 15) is 8.42 Å². The van der Waals surface area contributed by atoms with Crippen LogP contribution in [-0.4, -0.2) is 47.5 Å². The molecule has 3 rings (SSSR count). The molecule has 0 aromatic carbocycles. The average molecular weight is 294 g/mol. The predicted octanol–water partition coefficient (Wildman–Crippen LogP) is 1.14. The number of fused-ring (bicyclic) bond motifs is 1. The highest BCUT2D eigenvalue weighted by Crippen LogP contribution is 2.31. The second-order valence-electron chi connectivity index (χ2n) is 5.07. The summed E-state index contributed by atoms with van der Waals surface area (Å²) in [5.74, 6) is 1.05. The molecule has 0 atom stereocenters. The third kappa shape index (κ3) is 1.96. The molecule has 1 aliphatic rings. The van der Waals surface area contributed by atoms with E-state index in [1.54, 1.807) is 6.92 Å². The smallest absolute Gasteiger partial charge is 0.156 e. The molecule has 108 valence electrons. The highest BCUT2D eigenvalue weighted by Gasteiger charge is 2.37. The van der Waals surface area contributed by atoms with Crippen molar-refractivity contribution in [2.45, 2.75) is 25.5 Å². The molecule has 2 aromatic heterocycles. The van der Waals surface area contributed by atoms with Crippen LogP contribution < -0.4 is 4.90 Å². The lowest BCUT2D eigenvalue weighted by Gasteiger charge is -2.39. The van der Waals surface area contributed by atoms with Crippen molar-refractivity contribution in [2.24, 2.45) is 0 Å². The van der Waals surface area contributed by atoms with Crippen molar-refractivity contribution in [3.8, 4) is 0 Å². The first-order valence-corrected chi connectivity index (χ1v) is 8.55. The van der Waals surface area contributed by atoms with Crippen molar-refractivity contribution in [3.63, 3.8) is 0 Å². The molecule has 0 amide bonds. The van der Waals surface area contributed by atoms with E-state index < -0.39 is 9.84 Å². The van der Waals surface area contributed by atoms with Gasteiger partial charge in [0.1, 0.15) is 17.8 Å². The van der Waals surface area contributed by atoms with Gasteiger partial charge in [-0.1, -0.05) is 13.8 Å². The summed E-state index contributed by atoms with van der Waals surface area (Å²) < 4.78 is 23.7. The van der Waals surface area contributed by atoms with E-state index in [1.165, 1.54) is 6.33 Å². The molecule has 0 bridgehead atoms. The number of nitrogens with zero attached hydrogens (tertiary/aromatic N) is 3. The molecular weight excluding hydrogens is 276 g/mol. The van der Waals surface area contributed by atoms with Crippen molar-refractivity contribution < 1.29 is 8.42 Å². The highest BCUT2D eigenvalue weighted by atomic mass is 32.2. The number of hydrogen-bond acceptors (Lipinski definition) is 5. The maximum absolute atomic E-state index is 11.8. The number of sulfone groups is 1. The Morgan fingerprint density at radius 1 is 1.35 bits per heavy atom. The van der Waals surface area contributed by atoms with Crippen LogP contribution >= 0.6 is 0 Å². The molecule has 1 fully saturated rings. The van der Waals surface area contributed by atoms with Crippen LogP contribution in [-0.2, 0) is 16.3 Å². The number of aromatic nitrogens is 3. The zero-order chi connectivity index (χ0) is 14.3. The van der Waals surface area contributed by atoms with Gasteiger partial charge in [0.15, 0.2) is 9.84 Å². The van der Waals surface area contributed by atoms with Crippen LogP contribution in [0.3, 0.4) is 0 Å². The molecule has 1 aliphatic heterocycles. The number of nitrogens with one attached hydrogen (secondary N) is 1. The Hall–Kier alpha value is -1.63. The van der Waals surface area contributed by atoms with E-state index >= 15 is 0 Å². The minimum Gasteiger partial charge on any atom is -0.353 e. The van der Waals surface area contributed by atoms with Gasteiger partial charge in [0.05, 0.1) is 10.6 Å². The molecule has 7 heteroatoms. The van der Waals surface area contributed by atoms with E-state index in [1.807, 2.05) is 11.1 Å². The first-order valence-electron chi connectivity index (χ1n) is 6.84. The maximum Gasteiger partial charge on any atom is 0.156 e. The number of anilines is 1. The zero-order valence-corrected chi connectivity index (χ0v) is 12.4. The van der Waals surface area contributed by atoms with Gasteiger partial charge in [-0.3, -0.25) is 0 Å². The first-order chi connectivity index (χ1) is 9.56. The lowest BCUT2D eigenvalue weighted by molar-refractivity contribution is 0.541. The third-order valence-corrected chi connectivity index (χ3v) is 6.09. The number of aromatic amines is 1. The summed E-state index contributed by atoms with van der Waals surface area (Å²) in [5.41, 5.74) is 1.98. The summed E-state index contributed by atoms with van der Waals surface area (Å²) in [4.78, 5) is 13.7. The van der Waals surface area contributed by atoms with Gasteiger partial charge in [-0.2, -0.15) is 0 Å². The topological polar surface area (TPSA) is 79.0 Å². The monoisotopic (exact) mass is 294 g/mol. The van der Waals surface area contributed by atoms with Gasteiger partial charge in [0.2, 0.25) is 0 Å². The minimum absolute atomic E-state index is 0.203. The van der Waals surface area contributed by atoms with Crippen LogP contribution in [0.25, 0.3) is 11.0 Å².